The number of aliphatic carboxylic acids is 1. The topological polar surface area (TPSA) is 113 Å². The fourth-order valence-electron chi connectivity index (χ4n) is 1.02. The monoisotopic (exact) mass is 266 g/mol. The van der Waals surface area contributed by atoms with Gasteiger partial charge in [0.1, 0.15) is 15.9 Å². The minimum Gasteiger partial charge on any atom is -0.480 e. The Morgan fingerprint density at radius 3 is 2.24 bits per heavy atom. The van der Waals surface area contributed by atoms with Gasteiger partial charge in [-0.1, -0.05) is 0 Å². The molecule has 7 nitrogen and oxygen atoms in total. The molecule has 0 spiro atoms. The van der Waals surface area contributed by atoms with E-state index in [0.29, 0.717) is 0 Å². The van der Waals surface area contributed by atoms with Gasteiger partial charge in [0.2, 0.25) is 5.91 Å². The van der Waals surface area contributed by atoms with Crippen molar-refractivity contribution in [1.82, 2.24) is 10.6 Å². The predicted molar refractivity (Wildman–Crippen MR) is 62.4 cm³/mol. The summed E-state index contributed by atoms with van der Waals surface area (Å²) in [6, 6.07) is -1.72. The predicted octanol–water partition coefficient (Wildman–Crippen LogP) is -1.40. The van der Waals surface area contributed by atoms with E-state index in [2.05, 4.69) is 10.6 Å². The van der Waals surface area contributed by atoms with Crippen molar-refractivity contribution in [2.45, 2.75) is 25.4 Å². The second-order valence-corrected chi connectivity index (χ2v) is 6.09. The van der Waals surface area contributed by atoms with Crippen LogP contribution in [-0.4, -0.2) is 56.5 Å². The van der Waals surface area contributed by atoms with Gasteiger partial charge in [-0.2, -0.15) is 0 Å². The maximum Gasteiger partial charge on any atom is 0.326 e. The number of carbonyl (C=O) groups is 2. The summed E-state index contributed by atoms with van der Waals surface area (Å²) in [5.74, 6) is -2.00. The van der Waals surface area contributed by atoms with Crippen LogP contribution in [0.5, 0.6) is 0 Å². The maximum absolute atomic E-state index is 11.4. The second-order valence-electron chi connectivity index (χ2n) is 3.83. The molecule has 2 atom stereocenters. The maximum atomic E-state index is 11.4. The minimum absolute atomic E-state index is 0.143. The Kier molecular flexibility index (Phi) is 6.11. The van der Waals surface area contributed by atoms with E-state index in [1.165, 1.54) is 0 Å². The molecule has 0 radical (unpaired) electrons. The molecule has 0 heterocycles. The number of carboxylic acid groups (broad SMARTS) is 1. The van der Waals surface area contributed by atoms with Crippen LogP contribution in [0.3, 0.4) is 0 Å². The van der Waals surface area contributed by atoms with Gasteiger partial charge in [0, 0.05) is 6.26 Å². The summed E-state index contributed by atoms with van der Waals surface area (Å²) in [4.78, 5) is 22.3. The summed E-state index contributed by atoms with van der Waals surface area (Å²) < 4.78 is 21.8. The standard InChI is InChI=1S/C9H18N2O5S/c1-6(10-2)8(12)11-7(9(13)14)4-5-17(3,15)16/h6-7,10H,4-5H2,1-3H3,(H,11,12)(H,13,14). The van der Waals surface area contributed by atoms with E-state index < -0.39 is 33.8 Å². The molecule has 0 fully saturated rings. The number of rotatable bonds is 7. The highest BCUT2D eigenvalue weighted by Gasteiger charge is 2.23. The van der Waals surface area contributed by atoms with Crippen LogP contribution < -0.4 is 10.6 Å². The number of nitrogens with one attached hydrogen (secondary N) is 2. The van der Waals surface area contributed by atoms with Crippen LogP contribution in [0.15, 0.2) is 0 Å². The lowest BCUT2D eigenvalue weighted by atomic mass is 10.2. The highest BCUT2D eigenvalue weighted by molar-refractivity contribution is 7.90. The highest BCUT2D eigenvalue weighted by atomic mass is 32.2. The SMILES string of the molecule is CNC(C)C(=O)NC(CCS(C)(=O)=O)C(=O)O. The Bertz CT molecular complexity index is 379. The summed E-state index contributed by atoms with van der Waals surface area (Å²) in [6.07, 6.45) is 0.875. The molecule has 0 aliphatic rings. The smallest absolute Gasteiger partial charge is 0.326 e. The molecular formula is C9H18N2O5S. The zero-order valence-electron chi connectivity index (χ0n) is 10.1. The fourth-order valence-corrected chi connectivity index (χ4v) is 1.68. The summed E-state index contributed by atoms with van der Waals surface area (Å²) in [6.45, 7) is 1.57. The highest BCUT2D eigenvalue weighted by Crippen LogP contribution is 1.98. The molecule has 0 aromatic rings. The van der Waals surface area contributed by atoms with Crippen molar-refractivity contribution in [3.8, 4) is 0 Å². The zero-order valence-corrected chi connectivity index (χ0v) is 10.9. The lowest BCUT2D eigenvalue weighted by Crippen LogP contribution is -2.48. The number of likely N-dealkylation sites (N-methyl/N-ethyl adjacent to an activating group) is 1. The zero-order chi connectivity index (χ0) is 13.6. The van der Waals surface area contributed by atoms with Gasteiger partial charge in [-0.15, -0.1) is 0 Å². The Morgan fingerprint density at radius 1 is 1.35 bits per heavy atom. The number of hydrogen-bond donors (Lipinski definition) is 3. The molecule has 0 aromatic carbocycles. The molecule has 0 saturated carbocycles. The molecule has 0 aliphatic heterocycles. The molecule has 0 rings (SSSR count). The van der Waals surface area contributed by atoms with Crippen LogP contribution in [0.1, 0.15) is 13.3 Å². The van der Waals surface area contributed by atoms with Gasteiger partial charge < -0.3 is 15.7 Å². The average molecular weight is 266 g/mol. The first-order valence-corrected chi connectivity index (χ1v) is 7.11. The summed E-state index contributed by atoms with van der Waals surface area (Å²) in [5, 5.41) is 13.8. The first-order valence-electron chi connectivity index (χ1n) is 5.05. The Labute approximate surface area is 101 Å². The van der Waals surface area contributed by atoms with Crippen LogP contribution in [0.4, 0.5) is 0 Å². The average Bonchev–Trinajstić information content (AvgIpc) is 2.20. The van der Waals surface area contributed by atoms with Crippen LogP contribution >= 0.6 is 0 Å². The van der Waals surface area contributed by atoms with Gasteiger partial charge in [0.15, 0.2) is 0 Å². The van der Waals surface area contributed by atoms with E-state index in [-0.39, 0.29) is 12.2 Å². The summed E-state index contributed by atoms with van der Waals surface area (Å²) >= 11 is 0. The van der Waals surface area contributed by atoms with E-state index in [1.807, 2.05) is 0 Å². The van der Waals surface area contributed by atoms with Crippen LogP contribution in [0, 0.1) is 0 Å². The third-order valence-corrected chi connectivity index (χ3v) is 3.20. The lowest BCUT2D eigenvalue weighted by Gasteiger charge is -2.17. The van der Waals surface area contributed by atoms with Gasteiger partial charge in [0.25, 0.3) is 0 Å². The van der Waals surface area contributed by atoms with Gasteiger partial charge in [-0.3, -0.25) is 4.79 Å². The molecule has 17 heavy (non-hydrogen) atoms. The quantitative estimate of drug-likeness (QED) is 0.522. The van der Waals surface area contributed by atoms with Crippen molar-refractivity contribution >= 4 is 21.7 Å². The van der Waals surface area contributed by atoms with Crippen molar-refractivity contribution in [3.05, 3.63) is 0 Å². The van der Waals surface area contributed by atoms with E-state index in [9.17, 15) is 18.0 Å². The molecule has 1 amide bonds. The first-order chi connectivity index (χ1) is 7.67. The summed E-state index contributed by atoms with van der Waals surface area (Å²) in [7, 11) is -1.68. The van der Waals surface area contributed by atoms with Crippen molar-refractivity contribution in [3.63, 3.8) is 0 Å². The minimum atomic E-state index is -3.24. The lowest BCUT2D eigenvalue weighted by molar-refractivity contribution is -0.142. The third-order valence-electron chi connectivity index (χ3n) is 2.22. The number of carbonyl (C=O) groups excluding carboxylic acids is 1. The first kappa shape index (κ1) is 15.9. The molecule has 2 unspecified atom stereocenters. The molecule has 0 aliphatic carbocycles. The molecule has 100 valence electrons. The number of hydrogen-bond acceptors (Lipinski definition) is 5. The van der Waals surface area contributed by atoms with Crippen LogP contribution in [-0.2, 0) is 19.4 Å². The normalized spacial score (nSPS) is 15.0. The number of carboxylic acids is 1. The molecule has 0 saturated heterocycles. The molecule has 3 N–H and O–H groups in total. The Hall–Kier alpha value is -1.15. The van der Waals surface area contributed by atoms with Crippen molar-refractivity contribution in [2.75, 3.05) is 19.1 Å². The number of sulfone groups is 1. The van der Waals surface area contributed by atoms with Gasteiger partial charge in [-0.25, -0.2) is 13.2 Å². The second kappa shape index (κ2) is 6.55. The molecule has 0 bridgehead atoms. The van der Waals surface area contributed by atoms with Crippen LogP contribution in [0.2, 0.25) is 0 Å². The van der Waals surface area contributed by atoms with Crippen molar-refractivity contribution in [2.24, 2.45) is 0 Å². The molecular weight excluding hydrogens is 248 g/mol. The fraction of sp³-hybridized carbons (Fsp3) is 0.778. The van der Waals surface area contributed by atoms with E-state index >= 15 is 0 Å². The van der Waals surface area contributed by atoms with Gasteiger partial charge in [-0.05, 0) is 20.4 Å². The van der Waals surface area contributed by atoms with Crippen molar-refractivity contribution < 1.29 is 23.1 Å². The van der Waals surface area contributed by atoms with Gasteiger partial charge in [0.05, 0.1) is 11.8 Å². The van der Waals surface area contributed by atoms with Crippen LogP contribution in [0.25, 0.3) is 0 Å². The van der Waals surface area contributed by atoms with E-state index in [0.717, 1.165) is 6.26 Å². The Morgan fingerprint density at radius 2 is 1.88 bits per heavy atom. The largest absolute Gasteiger partial charge is 0.480 e. The number of amides is 1. The third kappa shape index (κ3) is 6.90. The molecule has 8 heteroatoms. The van der Waals surface area contributed by atoms with E-state index in [1.54, 1.807) is 14.0 Å². The van der Waals surface area contributed by atoms with E-state index in [4.69, 9.17) is 5.11 Å². The molecule has 0 aromatic heterocycles. The van der Waals surface area contributed by atoms with Gasteiger partial charge >= 0.3 is 5.97 Å². The Balaban J connectivity index is 4.46. The summed E-state index contributed by atoms with van der Waals surface area (Å²) in [5.41, 5.74) is 0. The van der Waals surface area contributed by atoms with Crippen molar-refractivity contribution in [1.29, 1.82) is 0 Å².